The third-order valence-electron chi connectivity index (χ3n) is 2.79. The summed E-state index contributed by atoms with van der Waals surface area (Å²) in [5, 5.41) is 0. The van der Waals surface area contributed by atoms with E-state index in [9.17, 15) is 4.79 Å². The molecule has 0 saturated carbocycles. The van der Waals surface area contributed by atoms with E-state index in [4.69, 9.17) is 9.47 Å². The van der Waals surface area contributed by atoms with E-state index < -0.39 is 0 Å². The Morgan fingerprint density at radius 1 is 1.23 bits per heavy atom. The lowest BCUT2D eigenvalue weighted by Crippen LogP contribution is -2.06. The summed E-state index contributed by atoms with van der Waals surface area (Å²) in [5.41, 5.74) is 1.44. The van der Waals surface area contributed by atoms with Crippen LogP contribution >= 0.6 is 0 Å². The summed E-state index contributed by atoms with van der Waals surface area (Å²) in [7, 11) is 1.63. The Kier molecular flexibility index (Phi) is 8.35. The highest BCUT2D eigenvalue weighted by Gasteiger charge is 2.05. The molecule has 0 atom stereocenters. The van der Waals surface area contributed by atoms with Crippen LogP contribution < -0.4 is 4.74 Å². The highest BCUT2D eigenvalue weighted by atomic mass is 16.5. The number of methoxy groups -OCH3 is 1. The van der Waals surface area contributed by atoms with Crippen LogP contribution in [0.25, 0.3) is 6.08 Å². The minimum Gasteiger partial charge on any atom is -0.497 e. The number of allylic oxidation sites excluding steroid dienone is 1. The van der Waals surface area contributed by atoms with Crippen molar-refractivity contribution >= 4 is 18.3 Å². The molecule has 118 valence electrons. The molecule has 0 bridgehead atoms. The number of aliphatic imine (C=N–C) groups is 1. The minimum atomic E-state index is -0.352. The third kappa shape index (κ3) is 6.39. The number of nitrogens with zero attached hydrogens (tertiary/aromatic N) is 1. The third-order valence-corrected chi connectivity index (χ3v) is 2.79. The summed E-state index contributed by atoms with van der Waals surface area (Å²) in [6.45, 7) is 4.93. The van der Waals surface area contributed by atoms with E-state index in [2.05, 4.69) is 11.9 Å². The zero-order chi connectivity index (χ0) is 16.2. The Hall–Kier alpha value is -2.36. The number of carbonyl (C=O) groups excluding carboxylic acids is 1. The summed E-state index contributed by atoms with van der Waals surface area (Å²) >= 11 is 0. The first-order valence-electron chi connectivity index (χ1n) is 7.40. The van der Waals surface area contributed by atoms with Crippen molar-refractivity contribution in [2.45, 2.75) is 20.3 Å². The van der Waals surface area contributed by atoms with E-state index in [1.807, 2.05) is 30.3 Å². The number of hydrogen-bond donors (Lipinski definition) is 0. The lowest BCUT2D eigenvalue weighted by atomic mass is 10.1. The molecule has 0 spiro atoms. The van der Waals surface area contributed by atoms with Crippen molar-refractivity contribution in [3.63, 3.8) is 0 Å². The summed E-state index contributed by atoms with van der Waals surface area (Å²) in [4.78, 5) is 16.1. The van der Waals surface area contributed by atoms with E-state index in [1.165, 1.54) is 0 Å². The van der Waals surface area contributed by atoms with Gasteiger partial charge in [0.15, 0.2) is 0 Å². The topological polar surface area (TPSA) is 47.9 Å². The van der Waals surface area contributed by atoms with Gasteiger partial charge < -0.3 is 9.47 Å². The standard InChI is InChI=1S/C18H23NO3/c1-4-13-19-14-12-16(18(20)22-5-2)9-6-15-7-10-17(21-3)11-8-15/h6-12,14H,4-5,13H2,1-3H3/b9-6+,16-12+,19-14?. The summed E-state index contributed by atoms with van der Waals surface area (Å²) in [6, 6.07) is 7.58. The Morgan fingerprint density at radius 2 is 1.95 bits per heavy atom. The Bertz CT molecular complexity index is 542. The van der Waals surface area contributed by atoms with Crippen LogP contribution in [0.4, 0.5) is 0 Å². The largest absolute Gasteiger partial charge is 0.497 e. The van der Waals surface area contributed by atoms with Gasteiger partial charge in [0.1, 0.15) is 5.75 Å². The molecule has 0 N–H and O–H groups in total. The van der Waals surface area contributed by atoms with Gasteiger partial charge in [0, 0.05) is 12.8 Å². The molecule has 0 aliphatic heterocycles. The fraction of sp³-hybridized carbons (Fsp3) is 0.333. The second-order valence-corrected chi connectivity index (χ2v) is 4.50. The van der Waals surface area contributed by atoms with Gasteiger partial charge in [-0.15, -0.1) is 0 Å². The van der Waals surface area contributed by atoms with E-state index in [1.54, 1.807) is 32.4 Å². The second kappa shape index (κ2) is 10.4. The summed E-state index contributed by atoms with van der Waals surface area (Å²) in [6.07, 6.45) is 7.89. The lowest BCUT2D eigenvalue weighted by Gasteiger charge is -2.02. The number of hydrogen-bond acceptors (Lipinski definition) is 4. The molecule has 0 aliphatic carbocycles. The molecule has 4 heteroatoms. The SMILES string of the molecule is CCCN=C/C=C(\C=C\c1ccc(OC)cc1)C(=O)OCC. The van der Waals surface area contributed by atoms with E-state index in [0.717, 1.165) is 24.3 Å². The van der Waals surface area contributed by atoms with Gasteiger partial charge in [-0.1, -0.05) is 25.1 Å². The Morgan fingerprint density at radius 3 is 2.55 bits per heavy atom. The van der Waals surface area contributed by atoms with E-state index in [-0.39, 0.29) is 5.97 Å². The summed E-state index contributed by atoms with van der Waals surface area (Å²) < 4.78 is 10.2. The molecule has 0 heterocycles. The highest BCUT2D eigenvalue weighted by molar-refractivity contribution is 5.97. The van der Waals surface area contributed by atoms with Gasteiger partial charge in [-0.25, -0.2) is 4.79 Å². The van der Waals surface area contributed by atoms with Crippen LogP contribution in [0.3, 0.4) is 0 Å². The second-order valence-electron chi connectivity index (χ2n) is 4.50. The number of rotatable bonds is 8. The van der Waals surface area contributed by atoms with Gasteiger partial charge in [0.05, 0.1) is 19.3 Å². The van der Waals surface area contributed by atoms with Crippen LogP contribution in [-0.4, -0.2) is 32.4 Å². The molecule has 0 fully saturated rings. The van der Waals surface area contributed by atoms with Gasteiger partial charge in [0.2, 0.25) is 0 Å². The van der Waals surface area contributed by atoms with Gasteiger partial charge >= 0.3 is 5.97 Å². The molecule has 0 aromatic heterocycles. The molecule has 0 radical (unpaired) electrons. The molecular weight excluding hydrogens is 278 g/mol. The smallest absolute Gasteiger partial charge is 0.338 e. The van der Waals surface area contributed by atoms with Gasteiger partial charge in [-0.2, -0.15) is 0 Å². The van der Waals surface area contributed by atoms with Gasteiger partial charge in [-0.05, 0) is 43.2 Å². The van der Waals surface area contributed by atoms with Crippen LogP contribution in [0.15, 0.2) is 47.0 Å². The van der Waals surface area contributed by atoms with Crippen LogP contribution in [0, 0.1) is 0 Å². The average molecular weight is 301 g/mol. The maximum absolute atomic E-state index is 11.9. The normalized spacial score (nSPS) is 12.0. The molecule has 0 saturated heterocycles. The van der Waals surface area contributed by atoms with Crippen molar-refractivity contribution in [3.05, 3.63) is 47.6 Å². The van der Waals surface area contributed by atoms with Crippen LogP contribution in [0.5, 0.6) is 5.75 Å². The predicted octanol–water partition coefficient (Wildman–Crippen LogP) is 3.68. The van der Waals surface area contributed by atoms with Crippen LogP contribution in [0.1, 0.15) is 25.8 Å². The fourth-order valence-electron chi connectivity index (χ4n) is 1.64. The highest BCUT2D eigenvalue weighted by Crippen LogP contribution is 2.13. The zero-order valence-electron chi connectivity index (χ0n) is 13.4. The number of carbonyl (C=O) groups is 1. The van der Waals surface area contributed by atoms with Crippen molar-refractivity contribution in [3.8, 4) is 5.75 Å². The first-order chi connectivity index (χ1) is 10.7. The van der Waals surface area contributed by atoms with Crippen molar-refractivity contribution in [2.24, 2.45) is 4.99 Å². The maximum atomic E-state index is 11.9. The molecule has 0 unspecified atom stereocenters. The first-order valence-corrected chi connectivity index (χ1v) is 7.40. The van der Waals surface area contributed by atoms with Crippen LogP contribution in [-0.2, 0) is 9.53 Å². The van der Waals surface area contributed by atoms with Gasteiger partial charge in [0.25, 0.3) is 0 Å². The zero-order valence-corrected chi connectivity index (χ0v) is 13.4. The Balaban J connectivity index is 2.85. The van der Waals surface area contributed by atoms with E-state index in [0.29, 0.717) is 12.2 Å². The minimum absolute atomic E-state index is 0.346. The van der Waals surface area contributed by atoms with Crippen molar-refractivity contribution < 1.29 is 14.3 Å². The van der Waals surface area contributed by atoms with Crippen molar-refractivity contribution in [2.75, 3.05) is 20.3 Å². The molecular formula is C18H23NO3. The predicted molar refractivity (Wildman–Crippen MR) is 90.4 cm³/mol. The Labute approximate surface area is 132 Å². The molecule has 0 aliphatic rings. The molecule has 1 aromatic rings. The van der Waals surface area contributed by atoms with Crippen LogP contribution in [0.2, 0.25) is 0 Å². The first kappa shape index (κ1) is 17.7. The number of esters is 1. The fourth-order valence-corrected chi connectivity index (χ4v) is 1.64. The molecule has 22 heavy (non-hydrogen) atoms. The van der Waals surface area contributed by atoms with Crippen molar-refractivity contribution in [1.29, 1.82) is 0 Å². The molecule has 0 amide bonds. The average Bonchev–Trinajstić information content (AvgIpc) is 2.55. The van der Waals surface area contributed by atoms with Crippen molar-refractivity contribution in [1.82, 2.24) is 0 Å². The maximum Gasteiger partial charge on any atom is 0.338 e. The lowest BCUT2D eigenvalue weighted by molar-refractivity contribution is -0.138. The van der Waals surface area contributed by atoms with Gasteiger partial charge in [-0.3, -0.25) is 4.99 Å². The molecule has 1 aromatic carbocycles. The quantitative estimate of drug-likeness (QED) is 0.318. The monoisotopic (exact) mass is 301 g/mol. The number of benzene rings is 1. The van der Waals surface area contributed by atoms with E-state index >= 15 is 0 Å². The number of ether oxygens (including phenoxy) is 2. The molecule has 4 nitrogen and oxygen atoms in total. The summed E-state index contributed by atoms with van der Waals surface area (Å²) in [5.74, 6) is 0.445. The molecule has 1 rings (SSSR count).